The molecule has 15 heavy (non-hydrogen) atoms. The van der Waals surface area contributed by atoms with Crippen molar-refractivity contribution in [1.82, 2.24) is 9.03 Å². The van der Waals surface area contributed by atoms with Crippen LogP contribution in [-0.2, 0) is 5.88 Å². The van der Waals surface area contributed by atoms with E-state index in [1.165, 1.54) is 0 Å². The molecule has 0 aliphatic carbocycles. The highest BCUT2D eigenvalue weighted by molar-refractivity contribution is 6.17. The topological polar surface area (TPSA) is 43.0 Å². The minimum Gasteiger partial charge on any atom is -0.267 e. The molecule has 80 valence electrons. The predicted molar refractivity (Wildman–Crippen MR) is 58.3 cm³/mol. The molecule has 4 nitrogen and oxygen atoms in total. The molecule has 0 saturated heterocycles. The lowest BCUT2D eigenvalue weighted by Gasteiger charge is -1.97. The molecule has 0 aliphatic rings. The van der Waals surface area contributed by atoms with E-state index in [2.05, 4.69) is 0 Å². The maximum Gasteiger partial charge on any atom is 0.277 e. The van der Waals surface area contributed by atoms with Crippen molar-refractivity contribution >= 4 is 11.6 Å². The third-order valence-corrected chi connectivity index (χ3v) is 3.16. The Bertz CT molecular complexity index is 639. The molecular weight excluding hydrogens is 216 g/mol. The Hall–Kier alpha value is -1.29. The number of alkyl halides is 1. The van der Waals surface area contributed by atoms with E-state index >= 15 is 0 Å². The van der Waals surface area contributed by atoms with Gasteiger partial charge >= 0.3 is 0 Å². The lowest BCUT2D eigenvalue weighted by Crippen LogP contribution is -2.23. The fourth-order valence-electron chi connectivity index (χ4n) is 1.82. The maximum absolute atomic E-state index is 11.8. The van der Waals surface area contributed by atoms with E-state index in [4.69, 9.17) is 11.6 Å². The van der Waals surface area contributed by atoms with Crippen LogP contribution in [0.4, 0.5) is 0 Å². The van der Waals surface area contributed by atoms with Gasteiger partial charge in [0.25, 0.3) is 11.1 Å². The van der Waals surface area contributed by atoms with E-state index in [1.807, 2.05) is 6.92 Å². The number of rotatable bonds is 1. The standard InChI is InChI=1S/C10H11ClN2O2/c1-5-7(3)12-8(4-11)6(2)10(15)13(12)9(5)14/h4H2,1-3H3. The molecule has 0 fully saturated rings. The zero-order valence-electron chi connectivity index (χ0n) is 8.80. The van der Waals surface area contributed by atoms with E-state index in [1.54, 1.807) is 18.4 Å². The number of hydrogen-bond acceptors (Lipinski definition) is 2. The Morgan fingerprint density at radius 2 is 1.53 bits per heavy atom. The molecule has 5 heteroatoms. The van der Waals surface area contributed by atoms with Gasteiger partial charge in [-0.1, -0.05) is 0 Å². The van der Waals surface area contributed by atoms with Crippen molar-refractivity contribution in [3.05, 3.63) is 43.2 Å². The summed E-state index contributed by atoms with van der Waals surface area (Å²) in [4.78, 5) is 23.5. The first-order chi connectivity index (χ1) is 7.00. The molecule has 0 spiro atoms. The van der Waals surface area contributed by atoms with Gasteiger partial charge in [0, 0.05) is 16.8 Å². The van der Waals surface area contributed by atoms with Crippen LogP contribution in [0.1, 0.15) is 22.5 Å². The van der Waals surface area contributed by atoms with Gasteiger partial charge in [0.2, 0.25) is 0 Å². The van der Waals surface area contributed by atoms with Crippen LogP contribution in [0.3, 0.4) is 0 Å². The molecule has 0 unspecified atom stereocenters. The highest BCUT2D eigenvalue weighted by atomic mass is 35.5. The van der Waals surface area contributed by atoms with Gasteiger partial charge in [0.1, 0.15) is 0 Å². The molecule has 2 aromatic rings. The summed E-state index contributed by atoms with van der Waals surface area (Å²) >= 11 is 5.78. The average molecular weight is 227 g/mol. The Labute approximate surface area is 91.0 Å². The largest absolute Gasteiger partial charge is 0.277 e. The van der Waals surface area contributed by atoms with E-state index in [0.29, 0.717) is 16.8 Å². The summed E-state index contributed by atoms with van der Waals surface area (Å²) in [5, 5.41) is 0. The summed E-state index contributed by atoms with van der Waals surface area (Å²) in [7, 11) is 0. The Morgan fingerprint density at radius 1 is 1.00 bits per heavy atom. The fourth-order valence-corrected chi connectivity index (χ4v) is 2.13. The lowest BCUT2D eigenvalue weighted by molar-refractivity contribution is 0.764. The molecule has 0 bridgehead atoms. The first-order valence-electron chi connectivity index (χ1n) is 4.62. The summed E-state index contributed by atoms with van der Waals surface area (Å²) in [5.41, 5.74) is 2.10. The third-order valence-electron chi connectivity index (χ3n) is 2.90. The smallest absolute Gasteiger partial charge is 0.267 e. The minimum atomic E-state index is -0.271. The van der Waals surface area contributed by atoms with Crippen LogP contribution < -0.4 is 11.1 Å². The van der Waals surface area contributed by atoms with Crippen molar-refractivity contribution in [2.45, 2.75) is 26.7 Å². The second-order valence-corrected chi connectivity index (χ2v) is 3.92. The Balaban J connectivity index is 3.17. The molecule has 0 saturated carbocycles. The molecule has 2 rings (SSSR count). The van der Waals surface area contributed by atoms with Gasteiger partial charge in [0.15, 0.2) is 0 Å². The predicted octanol–water partition coefficient (Wildman–Crippen LogP) is 0.861. The van der Waals surface area contributed by atoms with Gasteiger partial charge in [0.05, 0.1) is 11.6 Å². The van der Waals surface area contributed by atoms with Crippen LogP contribution in [0.25, 0.3) is 0 Å². The minimum absolute atomic E-state index is 0.228. The molecule has 0 aromatic carbocycles. The van der Waals surface area contributed by atoms with E-state index in [-0.39, 0.29) is 17.0 Å². The van der Waals surface area contributed by atoms with E-state index in [0.717, 1.165) is 10.2 Å². The number of halogens is 1. The molecule has 0 N–H and O–H groups in total. The Morgan fingerprint density at radius 3 is 2.07 bits per heavy atom. The third kappa shape index (κ3) is 1.08. The summed E-state index contributed by atoms with van der Waals surface area (Å²) in [6.45, 7) is 5.21. The summed E-state index contributed by atoms with van der Waals surface area (Å²) in [6.07, 6.45) is 0. The van der Waals surface area contributed by atoms with Gasteiger partial charge < -0.3 is 0 Å². The molecule has 0 amide bonds. The number of fused-ring (bicyclic) bond motifs is 1. The summed E-state index contributed by atoms with van der Waals surface area (Å²) in [5.74, 6) is 0.228. The summed E-state index contributed by atoms with van der Waals surface area (Å²) in [6, 6.07) is 0. The van der Waals surface area contributed by atoms with Crippen molar-refractivity contribution in [2.24, 2.45) is 0 Å². The van der Waals surface area contributed by atoms with Crippen LogP contribution in [0.5, 0.6) is 0 Å². The van der Waals surface area contributed by atoms with Crippen LogP contribution >= 0.6 is 11.6 Å². The number of aryl methyl sites for hydroxylation is 1. The quantitative estimate of drug-likeness (QED) is 0.677. The van der Waals surface area contributed by atoms with Crippen molar-refractivity contribution < 1.29 is 0 Å². The van der Waals surface area contributed by atoms with E-state index in [9.17, 15) is 9.59 Å². The maximum atomic E-state index is 11.8. The molecule has 0 radical (unpaired) electrons. The van der Waals surface area contributed by atoms with Crippen LogP contribution in [-0.4, -0.2) is 9.03 Å². The first-order valence-corrected chi connectivity index (χ1v) is 5.16. The molecule has 0 aliphatic heterocycles. The zero-order chi connectivity index (χ0) is 11.3. The SMILES string of the molecule is Cc1c(C)n2c(CCl)c(C)c(=O)n2c1=O. The van der Waals surface area contributed by atoms with Crippen molar-refractivity contribution in [2.75, 3.05) is 0 Å². The van der Waals surface area contributed by atoms with Gasteiger partial charge in [-0.2, -0.15) is 4.52 Å². The average Bonchev–Trinajstić information content (AvgIpc) is 2.59. The lowest BCUT2D eigenvalue weighted by atomic mass is 10.2. The monoisotopic (exact) mass is 226 g/mol. The number of hydrogen-bond donors (Lipinski definition) is 0. The van der Waals surface area contributed by atoms with Crippen LogP contribution in [0.2, 0.25) is 0 Å². The van der Waals surface area contributed by atoms with Crippen molar-refractivity contribution in [3.8, 4) is 0 Å². The normalized spacial score (nSPS) is 11.5. The molecule has 0 atom stereocenters. The molecular formula is C10H11ClN2O2. The molecule has 2 heterocycles. The fraction of sp³-hybridized carbons (Fsp3) is 0.400. The number of aromatic nitrogens is 2. The van der Waals surface area contributed by atoms with Crippen molar-refractivity contribution in [1.29, 1.82) is 0 Å². The first kappa shape index (κ1) is 10.2. The van der Waals surface area contributed by atoms with Crippen LogP contribution in [0.15, 0.2) is 9.59 Å². The highest BCUT2D eigenvalue weighted by Crippen LogP contribution is 2.11. The van der Waals surface area contributed by atoms with E-state index < -0.39 is 0 Å². The van der Waals surface area contributed by atoms with Gasteiger partial charge in [-0.25, -0.2) is 4.52 Å². The van der Waals surface area contributed by atoms with Crippen molar-refractivity contribution in [3.63, 3.8) is 0 Å². The zero-order valence-corrected chi connectivity index (χ0v) is 9.55. The molecule has 2 aromatic heterocycles. The van der Waals surface area contributed by atoms with Gasteiger partial charge in [-0.3, -0.25) is 9.59 Å². The van der Waals surface area contributed by atoms with Crippen LogP contribution in [0, 0.1) is 20.8 Å². The summed E-state index contributed by atoms with van der Waals surface area (Å²) < 4.78 is 2.76. The second kappa shape index (κ2) is 3.10. The highest BCUT2D eigenvalue weighted by Gasteiger charge is 2.18. The number of nitrogens with zero attached hydrogens (tertiary/aromatic N) is 2. The van der Waals surface area contributed by atoms with Gasteiger partial charge in [-0.05, 0) is 20.8 Å². The Kier molecular flexibility index (Phi) is 2.12. The van der Waals surface area contributed by atoms with Gasteiger partial charge in [-0.15, -0.1) is 11.6 Å². The second-order valence-electron chi connectivity index (χ2n) is 3.65.